The van der Waals surface area contributed by atoms with E-state index < -0.39 is 5.38 Å². The number of para-hydroxylation sites is 1. The molecular formula is C15H18ClN3O2. The van der Waals surface area contributed by atoms with E-state index in [1.54, 1.807) is 11.8 Å². The molecule has 6 heteroatoms. The van der Waals surface area contributed by atoms with Crippen LogP contribution < -0.4 is 4.90 Å². The van der Waals surface area contributed by atoms with Crippen molar-refractivity contribution in [2.75, 3.05) is 4.90 Å². The molecule has 0 aliphatic heterocycles. The monoisotopic (exact) mass is 307 g/mol. The molecule has 0 bridgehead atoms. The molecule has 112 valence electrons. The van der Waals surface area contributed by atoms with Gasteiger partial charge in [0, 0.05) is 12.1 Å². The van der Waals surface area contributed by atoms with Gasteiger partial charge in [-0.15, -0.1) is 21.8 Å². The van der Waals surface area contributed by atoms with Crippen LogP contribution in [0.2, 0.25) is 0 Å². The zero-order chi connectivity index (χ0) is 15.4. The van der Waals surface area contributed by atoms with Crippen LogP contribution in [0.15, 0.2) is 28.7 Å². The minimum absolute atomic E-state index is 0.192. The summed E-state index contributed by atoms with van der Waals surface area (Å²) in [5, 5.41) is 7.26. The van der Waals surface area contributed by atoms with Crippen LogP contribution in [0, 0.1) is 6.92 Å². The predicted molar refractivity (Wildman–Crippen MR) is 81.4 cm³/mol. The first kappa shape index (κ1) is 15.5. The molecule has 1 aromatic heterocycles. The fourth-order valence-corrected chi connectivity index (χ4v) is 2.11. The van der Waals surface area contributed by atoms with Gasteiger partial charge in [-0.2, -0.15) is 0 Å². The summed E-state index contributed by atoms with van der Waals surface area (Å²) in [6.07, 6.45) is 0.664. The molecule has 1 heterocycles. The summed E-state index contributed by atoms with van der Waals surface area (Å²) in [5.41, 5.74) is 1.78. The molecule has 21 heavy (non-hydrogen) atoms. The Morgan fingerprint density at radius 2 is 2.00 bits per heavy atom. The fraction of sp³-hybridized carbons (Fsp3) is 0.400. The lowest BCUT2D eigenvalue weighted by Gasteiger charge is -2.24. The van der Waals surface area contributed by atoms with E-state index in [2.05, 4.69) is 10.2 Å². The zero-order valence-electron chi connectivity index (χ0n) is 12.3. The lowest BCUT2D eigenvalue weighted by atomic mass is 10.1. The first-order valence-electron chi connectivity index (χ1n) is 6.85. The van der Waals surface area contributed by atoms with Crippen LogP contribution in [0.1, 0.15) is 31.2 Å². The van der Waals surface area contributed by atoms with Crippen molar-refractivity contribution in [1.82, 2.24) is 10.2 Å². The Labute approximate surface area is 128 Å². The van der Waals surface area contributed by atoms with Crippen LogP contribution in [0.25, 0.3) is 0 Å². The Morgan fingerprint density at radius 3 is 2.57 bits per heavy atom. The number of hydrogen-bond acceptors (Lipinski definition) is 4. The van der Waals surface area contributed by atoms with Gasteiger partial charge in [-0.05, 0) is 25.5 Å². The van der Waals surface area contributed by atoms with E-state index in [4.69, 9.17) is 16.0 Å². The molecule has 0 N–H and O–H groups in total. The normalized spacial score (nSPS) is 12.2. The van der Waals surface area contributed by atoms with E-state index in [1.807, 2.05) is 38.1 Å². The van der Waals surface area contributed by atoms with Gasteiger partial charge >= 0.3 is 0 Å². The summed E-state index contributed by atoms with van der Waals surface area (Å²) in [6, 6.07) is 7.63. The van der Waals surface area contributed by atoms with E-state index in [9.17, 15) is 4.79 Å². The SMILES string of the molecule is CCc1nnc(CN(C(=O)C(C)Cl)c2ccccc2C)o1. The smallest absolute Gasteiger partial charge is 0.245 e. The van der Waals surface area contributed by atoms with Gasteiger partial charge < -0.3 is 9.32 Å². The van der Waals surface area contributed by atoms with Gasteiger partial charge in [-0.1, -0.05) is 25.1 Å². The van der Waals surface area contributed by atoms with Crippen molar-refractivity contribution in [1.29, 1.82) is 0 Å². The average Bonchev–Trinajstić information content (AvgIpc) is 2.92. The first-order valence-corrected chi connectivity index (χ1v) is 7.29. The summed E-state index contributed by atoms with van der Waals surface area (Å²) in [4.78, 5) is 14.0. The number of aromatic nitrogens is 2. The van der Waals surface area contributed by atoms with Crippen LogP contribution in [-0.2, 0) is 17.8 Å². The molecule has 0 fully saturated rings. The third-order valence-electron chi connectivity index (χ3n) is 3.12. The van der Waals surface area contributed by atoms with Crippen molar-refractivity contribution >= 4 is 23.2 Å². The highest BCUT2D eigenvalue weighted by atomic mass is 35.5. The number of rotatable bonds is 5. The molecule has 1 atom stereocenters. The number of anilines is 1. The van der Waals surface area contributed by atoms with Gasteiger partial charge in [0.05, 0.1) is 0 Å². The summed E-state index contributed by atoms with van der Waals surface area (Å²) in [6.45, 7) is 5.75. The number of nitrogens with zero attached hydrogens (tertiary/aromatic N) is 3. The summed E-state index contributed by atoms with van der Waals surface area (Å²) >= 11 is 5.97. The summed E-state index contributed by atoms with van der Waals surface area (Å²) < 4.78 is 5.50. The highest BCUT2D eigenvalue weighted by Gasteiger charge is 2.23. The quantitative estimate of drug-likeness (QED) is 0.796. The van der Waals surface area contributed by atoms with Crippen LogP contribution in [0.4, 0.5) is 5.69 Å². The third kappa shape index (κ3) is 3.61. The second kappa shape index (κ2) is 6.72. The molecule has 1 amide bonds. The van der Waals surface area contributed by atoms with Crippen LogP contribution >= 0.6 is 11.6 Å². The minimum atomic E-state index is -0.627. The molecule has 2 aromatic rings. The molecule has 0 aliphatic rings. The molecule has 0 aliphatic carbocycles. The minimum Gasteiger partial charge on any atom is -0.423 e. The maximum Gasteiger partial charge on any atom is 0.245 e. The number of carbonyl (C=O) groups is 1. The van der Waals surface area contributed by atoms with Crippen molar-refractivity contribution in [2.24, 2.45) is 0 Å². The van der Waals surface area contributed by atoms with Crippen LogP contribution in [0.5, 0.6) is 0 Å². The number of halogens is 1. The fourth-order valence-electron chi connectivity index (χ4n) is 1.99. The average molecular weight is 308 g/mol. The Morgan fingerprint density at radius 1 is 1.33 bits per heavy atom. The summed E-state index contributed by atoms with van der Waals surface area (Å²) in [7, 11) is 0. The van der Waals surface area contributed by atoms with Crippen molar-refractivity contribution in [2.45, 2.75) is 39.1 Å². The second-order valence-electron chi connectivity index (χ2n) is 4.77. The highest BCUT2D eigenvalue weighted by Crippen LogP contribution is 2.23. The van der Waals surface area contributed by atoms with E-state index in [-0.39, 0.29) is 12.5 Å². The molecule has 5 nitrogen and oxygen atoms in total. The lowest BCUT2D eigenvalue weighted by molar-refractivity contribution is -0.118. The number of amides is 1. The van der Waals surface area contributed by atoms with Crippen LogP contribution in [0.3, 0.4) is 0 Å². The first-order chi connectivity index (χ1) is 10.0. The molecule has 0 saturated heterocycles. The highest BCUT2D eigenvalue weighted by molar-refractivity contribution is 6.32. The Balaban J connectivity index is 2.33. The molecule has 0 saturated carbocycles. The lowest BCUT2D eigenvalue weighted by Crippen LogP contribution is -2.35. The topological polar surface area (TPSA) is 59.2 Å². The molecule has 1 unspecified atom stereocenters. The standard InChI is InChI=1S/C15H18ClN3O2/c1-4-13-17-18-14(21-13)9-19(15(20)11(3)16)12-8-6-5-7-10(12)2/h5-8,11H,4,9H2,1-3H3. The van der Waals surface area contributed by atoms with Crippen molar-refractivity contribution in [3.63, 3.8) is 0 Å². The number of aryl methyl sites for hydroxylation is 2. The number of hydrogen-bond donors (Lipinski definition) is 0. The van der Waals surface area contributed by atoms with Gasteiger partial charge in [0.15, 0.2) is 0 Å². The van der Waals surface area contributed by atoms with Crippen molar-refractivity contribution in [3.8, 4) is 0 Å². The molecular weight excluding hydrogens is 290 g/mol. The predicted octanol–water partition coefficient (Wildman–Crippen LogP) is 3.10. The van der Waals surface area contributed by atoms with Gasteiger partial charge in [0.2, 0.25) is 17.7 Å². The van der Waals surface area contributed by atoms with Crippen molar-refractivity contribution < 1.29 is 9.21 Å². The van der Waals surface area contributed by atoms with E-state index in [0.717, 1.165) is 11.3 Å². The maximum absolute atomic E-state index is 12.4. The Bertz CT molecular complexity index is 625. The number of benzene rings is 1. The number of carbonyl (C=O) groups excluding carboxylic acids is 1. The second-order valence-corrected chi connectivity index (χ2v) is 5.42. The van der Waals surface area contributed by atoms with Crippen molar-refractivity contribution in [3.05, 3.63) is 41.6 Å². The van der Waals surface area contributed by atoms with Gasteiger partial charge in [0.1, 0.15) is 11.9 Å². The van der Waals surface area contributed by atoms with Gasteiger partial charge in [-0.25, -0.2) is 0 Å². The Kier molecular flexibility index (Phi) is 4.96. The van der Waals surface area contributed by atoms with Gasteiger partial charge in [-0.3, -0.25) is 4.79 Å². The molecule has 1 aromatic carbocycles. The third-order valence-corrected chi connectivity index (χ3v) is 3.30. The zero-order valence-corrected chi connectivity index (χ0v) is 13.1. The maximum atomic E-state index is 12.4. The van der Waals surface area contributed by atoms with E-state index >= 15 is 0 Å². The largest absolute Gasteiger partial charge is 0.423 e. The molecule has 0 radical (unpaired) electrons. The summed E-state index contributed by atoms with van der Waals surface area (Å²) in [5.74, 6) is 0.768. The Hall–Kier alpha value is -1.88. The van der Waals surface area contributed by atoms with E-state index in [1.165, 1.54) is 0 Å². The van der Waals surface area contributed by atoms with Crippen LogP contribution in [-0.4, -0.2) is 21.5 Å². The van der Waals surface area contributed by atoms with E-state index in [0.29, 0.717) is 18.2 Å². The number of alkyl halides is 1. The molecule has 0 spiro atoms. The van der Waals surface area contributed by atoms with Gasteiger partial charge in [0.25, 0.3) is 0 Å². The molecule has 2 rings (SSSR count).